The van der Waals surface area contributed by atoms with E-state index in [9.17, 15) is 0 Å². The third kappa shape index (κ3) is 6.81. The molecule has 0 bridgehead atoms. The normalized spacial score (nSPS) is 17.4. The molecule has 0 fully saturated rings. The van der Waals surface area contributed by atoms with E-state index in [1.54, 1.807) is 0 Å². The summed E-state index contributed by atoms with van der Waals surface area (Å²) < 4.78 is 0. The summed E-state index contributed by atoms with van der Waals surface area (Å²) in [4.78, 5) is 8.93. The molecule has 2 unspecified atom stereocenters. The summed E-state index contributed by atoms with van der Waals surface area (Å²) >= 11 is 0. The van der Waals surface area contributed by atoms with Crippen LogP contribution in [0.25, 0.3) is 0 Å². The molecule has 0 spiro atoms. The highest BCUT2D eigenvalue weighted by Crippen LogP contribution is 2.03. The zero-order valence-electron chi connectivity index (χ0n) is 10.4. The van der Waals surface area contributed by atoms with Gasteiger partial charge in [0.25, 0.3) is 0 Å². The zero-order valence-corrected chi connectivity index (χ0v) is 10.4. The molecule has 0 N–H and O–H groups in total. The van der Waals surface area contributed by atoms with E-state index in [4.69, 9.17) is 0 Å². The van der Waals surface area contributed by atoms with Gasteiger partial charge in [0.1, 0.15) is 0 Å². The molecule has 14 heavy (non-hydrogen) atoms. The molecule has 0 aliphatic rings. The second-order valence-corrected chi connectivity index (χ2v) is 4.57. The maximum Gasteiger partial charge on any atom is 0.0688 e. The Kier molecular flexibility index (Phi) is 6.43. The van der Waals surface area contributed by atoms with Crippen LogP contribution in [0.3, 0.4) is 0 Å². The van der Waals surface area contributed by atoms with Gasteiger partial charge in [0, 0.05) is 12.4 Å². The lowest BCUT2D eigenvalue weighted by Crippen LogP contribution is -2.16. The first-order valence-electron chi connectivity index (χ1n) is 5.50. The molecule has 0 aliphatic heterocycles. The zero-order chi connectivity index (χ0) is 11.1. The Morgan fingerprint density at radius 3 is 1.14 bits per heavy atom. The summed E-state index contributed by atoms with van der Waals surface area (Å²) in [7, 11) is 0. The van der Waals surface area contributed by atoms with Crippen molar-refractivity contribution in [3.05, 3.63) is 0 Å². The molecule has 0 aliphatic carbocycles. The van der Waals surface area contributed by atoms with Crippen molar-refractivity contribution in [3.8, 4) is 0 Å². The van der Waals surface area contributed by atoms with Crippen LogP contribution in [-0.2, 0) is 0 Å². The molecule has 0 amide bonds. The predicted octanol–water partition coefficient (Wildman–Crippen LogP) is 3.22. The minimum atomic E-state index is 0.285. The number of nitrogens with zero attached hydrogens (tertiary/aromatic N) is 2. The van der Waals surface area contributed by atoms with Gasteiger partial charge in [0.05, 0.1) is 12.1 Å². The first-order chi connectivity index (χ1) is 6.43. The van der Waals surface area contributed by atoms with Crippen molar-refractivity contribution < 1.29 is 0 Å². The van der Waals surface area contributed by atoms with E-state index in [-0.39, 0.29) is 12.1 Å². The highest BCUT2D eigenvalue weighted by atomic mass is 14.9. The number of hydrogen-bond acceptors (Lipinski definition) is 2. The Labute approximate surface area is 88.5 Å². The van der Waals surface area contributed by atoms with Gasteiger partial charge in [-0.2, -0.15) is 0 Å². The molecule has 0 aromatic carbocycles. The molecule has 0 rings (SSSR count). The Morgan fingerprint density at radius 1 is 0.643 bits per heavy atom. The lowest BCUT2D eigenvalue weighted by molar-refractivity contribution is 0.605. The number of hydrogen-bond donors (Lipinski definition) is 0. The van der Waals surface area contributed by atoms with Crippen LogP contribution in [0.4, 0.5) is 0 Å². The number of rotatable bonds is 5. The smallest absolute Gasteiger partial charge is 0.0688 e. The first kappa shape index (κ1) is 13.3. The maximum atomic E-state index is 4.46. The lowest BCUT2D eigenvalue weighted by atomic mass is 10.1. The van der Waals surface area contributed by atoms with E-state index >= 15 is 0 Å². The van der Waals surface area contributed by atoms with Gasteiger partial charge in [0.2, 0.25) is 0 Å². The lowest BCUT2D eigenvalue weighted by Gasteiger charge is -2.12. The van der Waals surface area contributed by atoms with Crippen molar-refractivity contribution in [2.75, 3.05) is 0 Å². The monoisotopic (exact) mass is 196 g/mol. The minimum absolute atomic E-state index is 0.285. The minimum Gasteiger partial charge on any atom is -0.292 e. The summed E-state index contributed by atoms with van der Waals surface area (Å²) in [6.07, 6.45) is 4.01. The van der Waals surface area contributed by atoms with E-state index in [0.717, 1.165) is 0 Å². The Morgan fingerprint density at radius 2 is 0.929 bits per heavy atom. The van der Waals surface area contributed by atoms with Crippen LogP contribution in [-0.4, -0.2) is 24.5 Å². The van der Waals surface area contributed by atoms with Gasteiger partial charge in [-0.3, -0.25) is 9.98 Å². The average molecular weight is 196 g/mol. The SMILES string of the molecule is CC(C)C=NC(C)C(C)N=CC(C)C. The van der Waals surface area contributed by atoms with Crippen LogP contribution < -0.4 is 0 Å². The summed E-state index contributed by atoms with van der Waals surface area (Å²) in [5.41, 5.74) is 0. The second-order valence-electron chi connectivity index (χ2n) is 4.57. The van der Waals surface area contributed by atoms with E-state index in [1.807, 2.05) is 12.4 Å². The first-order valence-corrected chi connectivity index (χ1v) is 5.50. The van der Waals surface area contributed by atoms with Crippen molar-refractivity contribution in [2.45, 2.75) is 53.6 Å². The summed E-state index contributed by atoms with van der Waals surface area (Å²) in [6.45, 7) is 12.8. The fraction of sp³-hybridized carbons (Fsp3) is 0.833. The predicted molar refractivity (Wildman–Crippen MR) is 65.6 cm³/mol. The Bertz CT molecular complexity index is 170. The highest BCUT2D eigenvalue weighted by molar-refractivity contribution is 5.61. The topological polar surface area (TPSA) is 24.7 Å². The third-order valence-corrected chi connectivity index (χ3v) is 1.94. The maximum absolute atomic E-state index is 4.46. The quantitative estimate of drug-likeness (QED) is 0.603. The fourth-order valence-electron chi connectivity index (χ4n) is 0.865. The van der Waals surface area contributed by atoms with E-state index < -0.39 is 0 Å². The molecule has 2 heteroatoms. The van der Waals surface area contributed by atoms with Gasteiger partial charge >= 0.3 is 0 Å². The van der Waals surface area contributed by atoms with E-state index in [2.05, 4.69) is 51.5 Å². The average Bonchev–Trinajstić information content (AvgIpc) is 2.09. The molecule has 0 aromatic rings. The van der Waals surface area contributed by atoms with Crippen LogP contribution in [0, 0.1) is 11.8 Å². The van der Waals surface area contributed by atoms with Crippen molar-refractivity contribution in [3.63, 3.8) is 0 Å². The van der Waals surface area contributed by atoms with Gasteiger partial charge in [0.15, 0.2) is 0 Å². The molecule has 82 valence electrons. The standard InChI is InChI=1S/C12H24N2/c1-9(2)7-13-11(5)12(6)14-8-10(3)4/h7-12H,1-6H3. The summed E-state index contributed by atoms with van der Waals surface area (Å²) in [6, 6.07) is 0.569. The Hall–Kier alpha value is -0.660. The number of aliphatic imine (C=N–C) groups is 2. The Balaban J connectivity index is 4.05. The molecule has 2 nitrogen and oxygen atoms in total. The van der Waals surface area contributed by atoms with Gasteiger partial charge in [-0.1, -0.05) is 27.7 Å². The summed E-state index contributed by atoms with van der Waals surface area (Å²) in [5, 5.41) is 0. The summed E-state index contributed by atoms with van der Waals surface area (Å²) in [5.74, 6) is 1.05. The van der Waals surface area contributed by atoms with Gasteiger partial charge in [-0.15, -0.1) is 0 Å². The van der Waals surface area contributed by atoms with Crippen molar-refractivity contribution in [1.29, 1.82) is 0 Å². The molecule has 0 saturated heterocycles. The second kappa shape index (κ2) is 6.74. The van der Waals surface area contributed by atoms with Crippen LogP contribution >= 0.6 is 0 Å². The molecule has 0 aromatic heterocycles. The third-order valence-electron chi connectivity index (χ3n) is 1.94. The van der Waals surface area contributed by atoms with Crippen LogP contribution in [0.1, 0.15) is 41.5 Å². The molecule has 0 saturated carbocycles. The fourth-order valence-corrected chi connectivity index (χ4v) is 0.865. The van der Waals surface area contributed by atoms with Crippen molar-refractivity contribution >= 4 is 12.4 Å². The van der Waals surface area contributed by atoms with Crippen LogP contribution in [0.15, 0.2) is 9.98 Å². The molecule has 0 radical (unpaired) electrons. The van der Waals surface area contributed by atoms with Crippen molar-refractivity contribution in [1.82, 2.24) is 0 Å². The van der Waals surface area contributed by atoms with E-state index in [1.165, 1.54) is 0 Å². The van der Waals surface area contributed by atoms with E-state index in [0.29, 0.717) is 11.8 Å². The molecular formula is C12H24N2. The van der Waals surface area contributed by atoms with Gasteiger partial charge in [-0.05, 0) is 25.7 Å². The van der Waals surface area contributed by atoms with Crippen LogP contribution in [0.5, 0.6) is 0 Å². The molecule has 0 heterocycles. The van der Waals surface area contributed by atoms with Gasteiger partial charge < -0.3 is 0 Å². The molecule has 2 atom stereocenters. The molecular weight excluding hydrogens is 172 g/mol. The largest absolute Gasteiger partial charge is 0.292 e. The van der Waals surface area contributed by atoms with Crippen molar-refractivity contribution in [2.24, 2.45) is 21.8 Å². The van der Waals surface area contributed by atoms with Crippen LogP contribution in [0.2, 0.25) is 0 Å². The van der Waals surface area contributed by atoms with Gasteiger partial charge in [-0.25, -0.2) is 0 Å². The highest BCUT2D eigenvalue weighted by Gasteiger charge is 2.07.